The van der Waals surface area contributed by atoms with Crippen LogP contribution in [-0.4, -0.2) is 42.6 Å². The molecule has 1 aliphatic heterocycles. The van der Waals surface area contributed by atoms with Crippen molar-refractivity contribution in [2.45, 2.75) is 45.1 Å². The minimum Gasteiger partial charge on any atom is -0.319 e. The molecule has 4 heteroatoms. The van der Waals surface area contributed by atoms with Crippen LogP contribution in [0.5, 0.6) is 0 Å². The van der Waals surface area contributed by atoms with E-state index in [9.17, 15) is 0 Å². The summed E-state index contributed by atoms with van der Waals surface area (Å²) in [6, 6.07) is 0.663. The van der Waals surface area contributed by atoms with Crippen molar-refractivity contribution in [1.29, 1.82) is 0 Å². The molecule has 0 aromatic carbocycles. The monoisotopic (exact) mass is 267 g/mol. The van der Waals surface area contributed by atoms with Gasteiger partial charge < -0.3 is 10.2 Å². The first-order valence-corrected chi connectivity index (χ1v) is 7.91. The SMILES string of the molecule is CNCCc1csc(C2CCCN(C(C)C)C2)n1. The fraction of sp³-hybridized carbons (Fsp3) is 0.786. The number of thiazole rings is 1. The number of hydrogen-bond donors (Lipinski definition) is 1. The maximum Gasteiger partial charge on any atom is 0.0972 e. The predicted octanol–water partition coefficient (Wildman–Crippen LogP) is 2.49. The van der Waals surface area contributed by atoms with Gasteiger partial charge in [-0.2, -0.15) is 0 Å². The van der Waals surface area contributed by atoms with Crippen LogP contribution in [-0.2, 0) is 6.42 Å². The lowest BCUT2D eigenvalue weighted by molar-refractivity contribution is 0.167. The number of likely N-dealkylation sites (tertiary alicyclic amines) is 1. The van der Waals surface area contributed by atoms with Crippen molar-refractivity contribution in [2.24, 2.45) is 0 Å². The quantitative estimate of drug-likeness (QED) is 0.888. The van der Waals surface area contributed by atoms with Gasteiger partial charge in [0.2, 0.25) is 0 Å². The number of aromatic nitrogens is 1. The molecule has 0 amide bonds. The molecule has 0 bridgehead atoms. The zero-order chi connectivity index (χ0) is 13.0. The summed E-state index contributed by atoms with van der Waals surface area (Å²) in [6.45, 7) is 8.06. The molecule has 1 aliphatic rings. The minimum atomic E-state index is 0.662. The van der Waals surface area contributed by atoms with Gasteiger partial charge in [-0.05, 0) is 40.3 Å². The molecule has 1 aromatic rings. The Bertz CT molecular complexity index is 362. The van der Waals surface area contributed by atoms with Crippen LogP contribution in [0.3, 0.4) is 0 Å². The summed E-state index contributed by atoms with van der Waals surface area (Å²) < 4.78 is 0. The number of rotatable bonds is 5. The van der Waals surface area contributed by atoms with Crippen molar-refractivity contribution < 1.29 is 0 Å². The summed E-state index contributed by atoms with van der Waals surface area (Å²) in [6.07, 6.45) is 3.67. The molecule has 0 saturated carbocycles. The van der Waals surface area contributed by atoms with E-state index >= 15 is 0 Å². The lowest BCUT2D eigenvalue weighted by Gasteiger charge is -2.34. The molecule has 1 N–H and O–H groups in total. The maximum absolute atomic E-state index is 4.82. The second-order valence-electron chi connectivity index (χ2n) is 5.46. The second kappa shape index (κ2) is 6.64. The minimum absolute atomic E-state index is 0.662. The molecule has 0 spiro atoms. The Morgan fingerprint density at radius 3 is 3.11 bits per heavy atom. The van der Waals surface area contributed by atoms with Gasteiger partial charge in [0.15, 0.2) is 0 Å². The van der Waals surface area contributed by atoms with Gasteiger partial charge in [-0.1, -0.05) is 0 Å². The molecular formula is C14H25N3S. The van der Waals surface area contributed by atoms with E-state index in [0.29, 0.717) is 12.0 Å². The Kier molecular flexibility index (Phi) is 5.15. The molecule has 102 valence electrons. The molecule has 2 rings (SSSR count). The molecule has 1 aromatic heterocycles. The second-order valence-corrected chi connectivity index (χ2v) is 6.35. The van der Waals surface area contributed by atoms with E-state index in [1.54, 1.807) is 0 Å². The van der Waals surface area contributed by atoms with E-state index in [1.165, 1.54) is 36.6 Å². The molecule has 3 nitrogen and oxygen atoms in total. The van der Waals surface area contributed by atoms with Gasteiger partial charge >= 0.3 is 0 Å². The fourth-order valence-corrected chi connectivity index (χ4v) is 3.54. The van der Waals surface area contributed by atoms with Crippen LogP contribution in [0.15, 0.2) is 5.38 Å². The Labute approximate surface area is 115 Å². The number of hydrogen-bond acceptors (Lipinski definition) is 4. The van der Waals surface area contributed by atoms with Crippen LogP contribution in [0.2, 0.25) is 0 Å². The van der Waals surface area contributed by atoms with Crippen LogP contribution >= 0.6 is 11.3 Å². The van der Waals surface area contributed by atoms with Crippen LogP contribution < -0.4 is 5.32 Å². The van der Waals surface area contributed by atoms with E-state index in [-0.39, 0.29) is 0 Å². The Morgan fingerprint density at radius 1 is 1.56 bits per heavy atom. The number of nitrogens with one attached hydrogen (secondary N) is 1. The summed E-state index contributed by atoms with van der Waals surface area (Å²) >= 11 is 1.85. The molecule has 0 radical (unpaired) electrons. The van der Waals surface area contributed by atoms with Crippen molar-refractivity contribution in [2.75, 3.05) is 26.7 Å². The first-order chi connectivity index (χ1) is 8.70. The Balaban J connectivity index is 1.95. The summed E-state index contributed by atoms with van der Waals surface area (Å²) in [5, 5.41) is 6.77. The van der Waals surface area contributed by atoms with Gasteiger partial charge in [-0.3, -0.25) is 0 Å². The topological polar surface area (TPSA) is 28.2 Å². The molecular weight excluding hydrogens is 242 g/mol. The van der Waals surface area contributed by atoms with E-state index in [2.05, 4.69) is 29.4 Å². The van der Waals surface area contributed by atoms with E-state index in [0.717, 1.165) is 13.0 Å². The predicted molar refractivity (Wildman–Crippen MR) is 78.4 cm³/mol. The smallest absolute Gasteiger partial charge is 0.0972 e. The summed E-state index contributed by atoms with van der Waals surface area (Å²) in [4.78, 5) is 7.40. The van der Waals surface area contributed by atoms with Gasteiger partial charge in [0.05, 0.1) is 10.7 Å². The third-order valence-electron chi connectivity index (χ3n) is 3.73. The normalized spacial score (nSPS) is 21.7. The first kappa shape index (κ1) is 14.0. The Morgan fingerprint density at radius 2 is 2.39 bits per heavy atom. The lowest BCUT2D eigenvalue weighted by Crippen LogP contribution is -2.39. The number of nitrogens with zero attached hydrogens (tertiary/aromatic N) is 2. The summed E-state index contributed by atoms with van der Waals surface area (Å²) in [5.41, 5.74) is 1.26. The van der Waals surface area contributed by atoms with Gasteiger partial charge in [0.1, 0.15) is 0 Å². The highest BCUT2D eigenvalue weighted by atomic mass is 32.1. The number of likely N-dealkylation sites (N-methyl/N-ethyl adjacent to an activating group) is 1. The molecule has 1 atom stereocenters. The molecule has 0 aliphatic carbocycles. The summed E-state index contributed by atoms with van der Waals surface area (Å²) in [7, 11) is 1.99. The van der Waals surface area contributed by atoms with Crippen LogP contribution in [0.1, 0.15) is 43.3 Å². The number of piperidine rings is 1. The molecule has 2 heterocycles. The highest BCUT2D eigenvalue weighted by Gasteiger charge is 2.24. The van der Waals surface area contributed by atoms with Crippen LogP contribution in [0.25, 0.3) is 0 Å². The van der Waals surface area contributed by atoms with Crippen molar-refractivity contribution in [3.8, 4) is 0 Å². The zero-order valence-corrected chi connectivity index (χ0v) is 12.6. The average Bonchev–Trinajstić information content (AvgIpc) is 2.85. The van der Waals surface area contributed by atoms with Gasteiger partial charge in [-0.15, -0.1) is 11.3 Å². The third-order valence-corrected chi connectivity index (χ3v) is 4.79. The van der Waals surface area contributed by atoms with Crippen molar-refractivity contribution in [1.82, 2.24) is 15.2 Å². The van der Waals surface area contributed by atoms with Gasteiger partial charge in [-0.25, -0.2) is 4.98 Å². The summed E-state index contributed by atoms with van der Waals surface area (Å²) in [5.74, 6) is 0.662. The van der Waals surface area contributed by atoms with Crippen LogP contribution in [0.4, 0.5) is 0 Å². The van der Waals surface area contributed by atoms with Gasteiger partial charge in [0, 0.05) is 36.9 Å². The van der Waals surface area contributed by atoms with E-state index < -0.39 is 0 Å². The van der Waals surface area contributed by atoms with Gasteiger partial charge in [0.25, 0.3) is 0 Å². The van der Waals surface area contributed by atoms with Crippen molar-refractivity contribution >= 4 is 11.3 Å². The largest absolute Gasteiger partial charge is 0.319 e. The maximum atomic E-state index is 4.82. The van der Waals surface area contributed by atoms with Crippen molar-refractivity contribution in [3.05, 3.63) is 16.1 Å². The zero-order valence-electron chi connectivity index (χ0n) is 11.8. The fourth-order valence-electron chi connectivity index (χ4n) is 2.56. The standard InChI is InChI=1S/C14H25N3S/c1-11(2)17-8-4-5-12(9-17)14-16-13(10-18-14)6-7-15-3/h10-12,15H,4-9H2,1-3H3. The third kappa shape index (κ3) is 3.53. The van der Waals surface area contributed by atoms with Crippen molar-refractivity contribution in [3.63, 3.8) is 0 Å². The highest BCUT2D eigenvalue weighted by molar-refractivity contribution is 7.09. The van der Waals surface area contributed by atoms with Crippen LogP contribution in [0, 0.1) is 0 Å². The molecule has 1 saturated heterocycles. The molecule has 18 heavy (non-hydrogen) atoms. The highest BCUT2D eigenvalue weighted by Crippen LogP contribution is 2.30. The van der Waals surface area contributed by atoms with E-state index in [4.69, 9.17) is 4.98 Å². The first-order valence-electron chi connectivity index (χ1n) is 7.03. The molecule has 1 fully saturated rings. The molecule has 1 unspecified atom stereocenters. The lowest BCUT2D eigenvalue weighted by atomic mass is 9.98. The average molecular weight is 267 g/mol. The Hall–Kier alpha value is -0.450. The van der Waals surface area contributed by atoms with E-state index in [1.807, 2.05) is 18.4 Å².